The first-order valence-electron chi connectivity index (χ1n) is 16.4. The summed E-state index contributed by atoms with van der Waals surface area (Å²) < 4.78 is 12.5. The van der Waals surface area contributed by atoms with Crippen LogP contribution in [0.1, 0.15) is 34.1 Å². The van der Waals surface area contributed by atoms with E-state index in [9.17, 15) is 19.5 Å². The highest BCUT2D eigenvalue weighted by molar-refractivity contribution is 6.07. The number of amides is 3. The average molecular weight is 629 g/mol. The molecule has 0 aromatic heterocycles. The number of aliphatic hydroxyl groups excluding tert-OH is 1. The highest BCUT2D eigenvalue weighted by atomic mass is 16.5. The van der Waals surface area contributed by atoms with Crippen molar-refractivity contribution in [3.63, 3.8) is 0 Å². The monoisotopic (exact) mass is 628 g/mol. The first kappa shape index (κ1) is 31.8. The Labute approximate surface area is 270 Å². The van der Waals surface area contributed by atoms with Crippen LogP contribution in [-0.2, 0) is 19.1 Å². The Balaban J connectivity index is 1.39. The van der Waals surface area contributed by atoms with Crippen LogP contribution in [0.4, 0.5) is 17.1 Å². The summed E-state index contributed by atoms with van der Waals surface area (Å²) in [4.78, 5) is 50.8. The van der Waals surface area contributed by atoms with Crippen molar-refractivity contribution in [3.8, 4) is 5.75 Å². The van der Waals surface area contributed by atoms with Gasteiger partial charge in [-0.1, -0.05) is 24.3 Å². The van der Waals surface area contributed by atoms with Gasteiger partial charge in [-0.3, -0.25) is 14.4 Å². The molecule has 3 amide bonds. The summed E-state index contributed by atoms with van der Waals surface area (Å²) in [5, 5.41) is 9.73. The molecule has 10 heteroatoms. The Morgan fingerprint density at radius 1 is 0.848 bits per heavy atom. The van der Waals surface area contributed by atoms with Crippen molar-refractivity contribution in [1.82, 2.24) is 4.90 Å². The summed E-state index contributed by atoms with van der Waals surface area (Å²) in [7, 11) is 0. The minimum Gasteiger partial charge on any atom is -0.494 e. The van der Waals surface area contributed by atoms with Gasteiger partial charge in [0.15, 0.2) is 0 Å². The first-order valence-corrected chi connectivity index (χ1v) is 16.4. The Bertz CT molecular complexity index is 1520. The van der Waals surface area contributed by atoms with Gasteiger partial charge in [0.2, 0.25) is 11.8 Å². The van der Waals surface area contributed by atoms with E-state index in [0.29, 0.717) is 37.6 Å². The normalized spacial score (nSPS) is 28.6. The number of rotatable bonds is 10. The summed E-state index contributed by atoms with van der Waals surface area (Å²) >= 11 is 0. The van der Waals surface area contributed by atoms with E-state index in [0.717, 1.165) is 24.5 Å². The highest BCUT2D eigenvalue weighted by Crippen LogP contribution is 2.57. The quantitative estimate of drug-likeness (QED) is 0.400. The van der Waals surface area contributed by atoms with Crippen LogP contribution < -0.4 is 19.4 Å². The maximum atomic E-state index is 14.7. The van der Waals surface area contributed by atoms with E-state index in [2.05, 4.69) is 18.7 Å². The SMILES string of the molecule is CCOc1ccc(N2CC=C[C@@]3(C)O[C@]45C=CCN(c6ccc(N(CC)CC)cc6)C(=O)C4N(CCCO)C(=O)[C@@H]5[C@H]3C2=O)cc1. The number of anilines is 3. The van der Waals surface area contributed by atoms with Crippen molar-refractivity contribution in [2.75, 3.05) is 60.6 Å². The number of nitrogens with zero attached hydrogens (tertiary/aromatic N) is 4. The maximum Gasteiger partial charge on any atom is 0.253 e. The minimum atomic E-state index is -1.36. The second kappa shape index (κ2) is 12.6. The number of hydrogen-bond donors (Lipinski definition) is 1. The van der Waals surface area contributed by atoms with Crippen LogP contribution in [0.25, 0.3) is 0 Å². The Hall–Kier alpha value is -4.15. The third kappa shape index (κ3) is 5.08. The molecule has 4 aliphatic heterocycles. The Morgan fingerprint density at radius 2 is 1.46 bits per heavy atom. The molecule has 0 saturated carbocycles. The molecule has 2 aromatic carbocycles. The summed E-state index contributed by atoms with van der Waals surface area (Å²) in [6.07, 6.45) is 7.82. The van der Waals surface area contributed by atoms with Crippen LogP contribution in [-0.4, -0.2) is 90.9 Å². The Kier molecular flexibility index (Phi) is 8.69. The van der Waals surface area contributed by atoms with E-state index in [4.69, 9.17) is 9.47 Å². The summed E-state index contributed by atoms with van der Waals surface area (Å²) in [6, 6.07) is 14.2. The van der Waals surface area contributed by atoms with Crippen molar-refractivity contribution in [1.29, 1.82) is 0 Å². The molecule has 46 heavy (non-hydrogen) atoms. The molecule has 2 saturated heterocycles. The molecule has 1 unspecified atom stereocenters. The van der Waals surface area contributed by atoms with Gasteiger partial charge < -0.3 is 34.2 Å². The summed E-state index contributed by atoms with van der Waals surface area (Å²) in [6.45, 7) is 10.9. The predicted molar refractivity (Wildman–Crippen MR) is 177 cm³/mol. The van der Waals surface area contributed by atoms with Crippen molar-refractivity contribution < 1.29 is 29.0 Å². The van der Waals surface area contributed by atoms with Crippen LogP contribution in [0.5, 0.6) is 5.75 Å². The smallest absolute Gasteiger partial charge is 0.253 e. The fraction of sp³-hybridized carbons (Fsp3) is 0.472. The van der Waals surface area contributed by atoms with E-state index in [1.54, 1.807) is 14.7 Å². The van der Waals surface area contributed by atoms with Crippen LogP contribution >= 0.6 is 0 Å². The molecule has 10 nitrogen and oxygen atoms in total. The largest absolute Gasteiger partial charge is 0.494 e. The van der Waals surface area contributed by atoms with Gasteiger partial charge in [-0.05, 0) is 82.6 Å². The van der Waals surface area contributed by atoms with Crippen molar-refractivity contribution in [2.45, 2.75) is 51.4 Å². The second-order valence-corrected chi connectivity index (χ2v) is 12.4. The third-order valence-electron chi connectivity index (χ3n) is 9.86. The highest BCUT2D eigenvalue weighted by Gasteiger charge is 2.74. The van der Waals surface area contributed by atoms with Crippen LogP contribution in [0, 0.1) is 11.8 Å². The van der Waals surface area contributed by atoms with Gasteiger partial charge in [-0.2, -0.15) is 0 Å². The number of carbonyl (C=O) groups excluding carboxylic acids is 3. The molecule has 4 heterocycles. The molecule has 2 aromatic rings. The van der Waals surface area contributed by atoms with Crippen LogP contribution in [0.3, 0.4) is 0 Å². The number of ether oxygens (including phenoxy) is 2. The lowest BCUT2D eigenvalue weighted by Crippen LogP contribution is -2.56. The van der Waals surface area contributed by atoms with Gasteiger partial charge in [0, 0.05) is 56.4 Å². The molecule has 2 fully saturated rings. The molecule has 4 aliphatic rings. The van der Waals surface area contributed by atoms with E-state index in [1.165, 1.54) is 0 Å². The molecule has 6 rings (SSSR count). The van der Waals surface area contributed by atoms with E-state index in [-0.39, 0.29) is 30.9 Å². The van der Waals surface area contributed by atoms with Gasteiger partial charge >= 0.3 is 0 Å². The molecule has 5 atom stereocenters. The number of carbonyl (C=O) groups is 3. The number of fused-ring (bicyclic) bond motifs is 2. The van der Waals surface area contributed by atoms with E-state index < -0.39 is 29.1 Å². The zero-order chi connectivity index (χ0) is 32.6. The lowest BCUT2D eigenvalue weighted by atomic mass is 9.74. The minimum absolute atomic E-state index is 0.135. The molecule has 1 N–H and O–H groups in total. The van der Waals surface area contributed by atoms with Crippen molar-refractivity contribution >= 4 is 34.8 Å². The van der Waals surface area contributed by atoms with Gasteiger partial charge in [0.05, 0.1) is 24.0 Å². The van der Waals surface area contributed by atoms with Crippen LogP contribution in [0.2, 0.25) is 0 Å². The van der Waals surface area contributed by atoms with Gasteiger partial charge in [0.1, 0.15) is 17.4 Å². The van der Waals surface area contributed by atoms with Crippen molar-refractivity contribution in [2.24, 2.45) is 11.8 Å². The topological polar surface area (TPSA) is 103 Å². The number of benzene rings is 2. The van der Waals surface area contributed by atoms with Crippen molar-refractivity contribution in [3.05, 3.63) is 72.8 Å². The number of aliphatic hydroxyl groups is 1. The van der Waals surface area contributed by atoms with Gasteiger partial charge in [-0.15, -0.1) is 0 Å². The molecular weight excluding hydrogens is 584 g/mol. The fourth-order valence-corrected chi connectivity index (χ4v) is 7.79. The standard InChI is InChI=1S/C36H44N4O6/c1-5-37(6-2)25-11-13-26(14-12-25)39-22-9-20-36-30(33(43)40(23-10-24-41)31(36)34(39)44)29-32(42)38(21-8-19-35(29,4)46-36)27-15-17-28(18-16-27)45-7-3/h8-9,11-20,29-31,41H,5-7,10,21-24H2,1-4H3/t29-,30-,31?,35+,36-/m0/s1. The van der Waals surface area contributed by atoms with E-state index >= 15 is 0 Å². The fourth-order valence-electron chi connectivity index (χ4n) is 7.79. The maximum absolute atomic E-state index is 14.7. The predicted octanol–water partition coefficient (Wildman–Crippen LogP) is 3.79. The summed E-state index contributed by atoms with van der Waals surface area (Å²) in [5.41, 5.74) is -0.00529. The lowest BCUT2D eigenvalue weighted by molar-refractivity contribution is -0.144. The number of hydrogen-bond acceptors (Lipinski definition) is 7. The second-order valence-electron chi connectivity index (χ2n) is 12.4. The first-order chi connectivity index (χ1) is 22.2. The molecule has 0 radical (unpaired) electrons. The van der Waals surface area contributed by atoms with Crippen LogP contribution in [0.15, 0.2) is 72.8 Å². The molecule has 1 spiro atoms. The zero-order valence-corrected chi connectivity index (χ0v) is 27.1. The van der Waals surface area contributed by atoms with E-state index in [1.807, 2.05) is 86.7 Å². The molecule has 244 valence electrons. The third-order valence-corrected chi connectivity index (χ3v) is 9.86. The zero-order valence-electron chi connectivity index (χ0n) is 27.1. The molecule has 0 bridgehead atoms. The average Bonchev–Trinajstić information content (AvgIpc) is 3.32. The van der Waals surface area contributed by atoms with Gasteiger partial charge in [0.25, 0.3) is 5.91 Å². The number of likely N-dealkylation sites (tertiary alicyclic amines) is 1. The Morgan fingerprint density at radius 3 is 2.07 bits per heavy atom. The molecule has 0 aliphatic carbocycles. The lowest BCUT2D eigenvalue weighted by Gasteiger charge is -2.37. The molecular formula is C36H44N4O6. The summed E-state index contributed by atoms with van der Waals surface area (Å²) in [5.74, 6) is -1.90. The van der Waals surface area contributed by atoms with Gasteiger partial charge in [-0.25, -0.2) is 0 Å².